The molecular weight excluding hydrogens is 655 g/mol. The Morgan fingerprint density at radius 1 is 0.358 bits per heavy atom. The Morgan fingerprint density at radius 3 is 0.981 bits per heavy atom. The van der Waals surface area contributed by atoms with Crippen molar-refractivity contribution in [2.45, 2.75) is 248 Å². The minimum Gasteiger partial charge on any atom is -0.297 e. The minimum atomic E-state index is -0.221. The first kappa shape index (κ1) is 44.6. The predicted molar refractivity (Wildman–Crippen MR) is 222 cm³/mol. The molecule has 306 valence electrons. The van der Waals surface area contributed by atoms with E-state index in [4.69, 9.17) is 0 Å². The van der Waals surface area contributed by atoms with Gasteiger partial charge in [0.05, 0.1) is 18.1 Å². The SMILES string of the molecule is CC(C)(C)C(=O)[C@@H]1C[C@H]2CCCC[C@H]2N1C(C)(C)C.CC(C)(C)C(=O)[C@@H]1C[C@H]2CCC[C@H]2N1C(C)(C)C.CC(C)(C)C(=O)[C@@H]1C[C@H]2C[C@H]2N1C(C)(C)C. The number of nitrogens with zero attached hydrogens (tertiary/aromatic N) is 3. The van der Waals surface area contributed by atoms with Crippen molar-refractivity contribution >= 4 is 17.3 Å². The first-order valence-corrected chi connectivity index (χ1v) is 21.8. The molecule has 6 rings (SSSR count). The Balaban J connectivity index is 0.000000178. The number of ketones is 3. The van der Waals surface area contributed by atoms with Gasteiger partial charge in [0.25, 0.3) is 0 Å². The fourth-order valence-electron chi connectivity index (χ4n) is 11.3. The lowest BCUT2D eigenvalue weighted by Gasteiger charge is -2.43. The van der Waals surface area contributed by atoms with Crippen LogP contribution in [0.15, 0.2) is 0 Å². The molecule has 9 atom stereocenters. The van der Waals surface area contributed by atoms with Crippen LogP contribution in [-0.2, 0) is 14.4 Å². The van der Waals surface area contributed by atoms with Crippen molar-refractivity contribution in [1.29, 1.82) is 0 Å². The summed E-state index contributed by atoms with van der Waals surface area (Å²) in [7, 11) is 0. The maximum absolute atomic E-state index is 12.8. The molecule has 0 bridgehead atoms. The van der Waals surface area contributed by atoms with E-state index in [9.17, 15) is 14.4 Å². The summed E-state index contributed by atoms with van der Waals surface area (Å²) in [6.45, 7) is 38.8. The molecule has 53 heavy (non-hydrogen) atoms. The smallest absolute Gasteiger partial charge is 0.155 e. The number of piperidine rings is 1. The highest BCUT2D eigenvalue weighted by molar-refractivity contribution is 5.90. The molecule has 6 nitrogen and oxygen atoms in total. The first-order valence-electron chi connectivity index (χ1n) is 21.8. The maximum Gasteiger partial charge on any atom is 0.155 e. The molecule has 6 aliphatic rings. The van der Waals surface area contributed by atoms with Gasteiger partial charge >= 0.3 is 0 Å². The second-order valence-corrected chi connectivity index (χ2v) is 24.3. The van der Waals surface area contributed by atoms with Crippen LogP contribution in [-0.4, -0.2) is 84.9 Å². The Hall–Kier alpha value is -1.11. The Kier molecular flexibility index (Phi) is 12.9. The molecule has 3 saturated heterocycles. The molecular formula is C47H85N3O3. The molecule has 6 heteroatoms. The van der Waals surface area contributed by atoms with Crippen LogP contribution in [0.1, 0.15) is 195 Å². The van der Waals surface area contributed by atoms with E-state index in [2.05, 4.69) is 119 Å². The topological polar surface area (TPSA) is 60.9 Å². The average molecular weight is 740 g/mol. The number of hydrogen-bond acceptors (Lipinski definition) is 6. The van der Waals surface area contributed by atoms with E-state index < -0.39 is 0 Å². The number of hydrogen-bond donors (Lipinski definition) is 0. The molecule has 3 saturated carbocycles. The largest absolute Gasteiger partial charge is 0.297 e. The van der Waals surface area contributed by atoms with E-state index in [-0.39, 0.29) is 51.0 Å². The van der Waals surface area contributed by atoms with Crippen LogP contribution in [0, 0.1) is 34.0 Å². The highest BCUT2D eigenvalue weighted by Crippen LogP contribution is 2.52. The van der Waals surface area contributed by atoms with Crippen molar-refractivity contribution < 1.29 is 14.4 Å². The Labute approximate surface area is 327 Å². The van der Waals surface area contributed by atoms with Gasteiger partial charge in [-0.05, 0) is 131 Å². The van der Waals surface area contributed by atoms with Crippen molar-refractivity contribution in [2.75, 3.05) is 0 Å². The number of Topliss-reactive ketones (excluding diaryl/α,β-unsaturated/α-hetero) is 3. The van der Waals surface area contributed by atoms with Gasteiger partial charge < -0.3 is 0 Å². The third-order valence-corrected chi connectivity index (χ3v) is 13.5. The van der Waals surface area contributed by atoms with Gasteiger partial charge in [0.15, 0.2) is 17.3 Å². The van der Waals surface area contributed by atoms with Crippen LogP contribution >= 0.6 is 0 Å². The monoisotopic (exact) mass is 740 g/mol. The zero-order chi connectivity index (χ0) is 40.4. The summed E-state index contributed by atoms with van der Waals surface area (Å²) >= 11 is 0. The van der Waals surface area contributed by atoms with Crippen LogP contribution in [0.3, 0.4) is 0 Å². The van der Waals surface area contributed by atoms with Crippen molar-refractivity contribution in [3.8, 4) is 0 Å². The summed E-state index contributed by atoms with van der Waals surface area (Å²) in [4.78, 5) is 45.6. The molecule has 0 aromatic carbocycles. The zero-order valence-electron chi connectivity index (χ0n) is 38.0. The van der Waals surface area contributed by atoms with Crippen molar-refractivity contribution in [3.05, 3.63) is 0 Å². The summed E-state index contributed by atoms with van der Waals surface area (Å²) < 4.78 is 0. The fraction of sp³-hybridized carbons (Fsp3) is 0.936. The lowest BCUT2D eigenvalue weighted by Crippen LogP contribution is -2.54. The Bertz CT molecular complexity index is 1310. The van der Waals surface area contributed by atoms with E-state index in [1.807, 2.05) is 20.8 Å². The maximum atomic E-state index is 12.8. The highest BCUT2D eigenvalue weighted by atomic mass is 16.1. The second-order valence-electron chi connectivity index (χ2n) is 24.3. The number of fused-ring (bicyclic) bond motifs is 3. The van der Waals surface area contributed by atoms with Gasteiger partial charge in [-0.1, -0.05) is 81.6 Å². The summed E-state index contributed by atoms with van der Waals surface area (Å²) in [6, 6.07) is 2.46. The van der Waals surface area contributed by atoms with E-state index in [0.717, 1.165) is 37.0 Å². The standard InChI is InChI=1S/C17H31NO.C16H29NO.C14H25NO/c1-16(2,3)15(19)14-11-12-9-7-8-10-13(12)18(14)17(4,5)6;1-15(2,3)14(18)13-10-11-8-7-9-12(11)17(13)16(4,5)6;1-13(2,3)12(16)11-8-9-7-10(9)15(11)14(4,5)6/h12-14H,7-11H2,1-6H3;11-13H,7-10H2,1-6H3;9-11H,7-8H2,1-6H3/t12-,13-,14+;11-,12-,13+;9-,10-,11+/m111/s1. The molecule has 0 N–H and O–H groups in total. The molecule has 0 aromatic rings. The van der Waals surface area contributed by atoms with Gasteiger partial charge in [0.1, 0.15) is 0 Å². The molecule has 0 radical (unpaired) electrons. The summed E-state index contributed by atoms with van der Waals surface area (Å²) in [5.74, 6) is 3.62. The van der Waals surface area contributed by atoms with E-state index in [0.29, 0.717) is 35.5 Å². The normalized spacial score (nSPS) is 34.0. The first-order chi connectivity index (χ1) is 23.9. The summed E-state index contributed by atoms with van der Waals surface area (Å²) in [5, 5.41) is 0. The summed E-state index contributed by atoms with van der Waals surface area (Å²) in [5.41, 5.74) is -0.307. The molecule has 3 aliphatic heterocycles. The van der Waals surface area contributed by atoms with Crippen molar-refractivity contribution in [3.63, 3.8) is 0 Å². The van der Waals surface area contributed by atoms with Gasteiger partial charge in [-0.15, -0.1) is 0 Å². The zero-order valence-corrected chi connectivity index (χ0v) is 38.0. The number of likely N-dealkylation sites (tertiary alicyclic amines) is 3. The fourth-order valence-corrected chi connectivity index (χ4v) is 11.3. The molecule has 0 amide bonds. The molecule has 3 heterocycles. The number of carbonyl (C=O) groups excluding carboxylic acids is 3. The number of rotatable bonds is 3. The summed E-state index contributed by atoms with van der Waals surface area (Å²) in [6.07, 6.45) is 13.9. The van der Waals surface area contributed by atoms with E-state index in [1.54, 1.807) is 0 Å². The van der Waals surface area contributed by atoms with E-state index in [1.165, 1.54) is 51.4 Å². The van der Waals surface area contributed by atoms with Crippen LogP contribution in [0.4, 0.5) is 0 Å². The molecule has 6 fully saturated rings. The lowest BCUT2D eigenvalue weighted by atomic mass is 9.82. The van der Waals surface area contributed by atoms with Crippen LogP contribution in [0.25, 0.3) is 0 Å². The van der Waals surface area contributed by atoms with Crippen molar-refractivity contribution in [2.24, 2.45) is 34.0 Å². The van der Waals surface area contributed by atoms with Gasteiger partial charge in [0, 0.05) is 51.0 Å². The van der Waals surface area contributed by atoms with Crippen molar-refractivity contribution in [1.82, 2.24) is 14.7 Å². The number of carbonyl (C=O) groups is 3. The van der Waals surface area contributed by atoms with E-state index >= 15 is 0 Å². The van der Waals surface area contributed by atoms with Crippen LogP contribution in [0.2, 0.25) is 0 Å². The quantitative estimate of drug-likeness (QED) is 0.287. The van der Waals surface area contributed by atoms with Gasteiger partial charge in [-0.2, -0.15) is 0 Å². The minimum absolute atomic E-state index is 0.0995. The van der Waals surface area contributed by atoms with Crippen LogP contribution < -0.4 is 0 Å². The third-order valence-electron chi connectivity index (χ3n) is 13.5. The lowest BCUT2D eigenvalue weighted by molar-refractivity contribution is -0.134. The third kappa shape index (κ3) is 10.1. The Morgan fingerprint density at radius 2 is 0.642 bits per heavy atom. The van der Waals surface area contributed by atoms with Crippen LogP contribution in [0.5, 0.6) is 0 Å². The molecule has 0 aromatic heterocycles. The van der Waals surface area contributed by atoms with Gasteiger partial charge in [-0.25, -0.2) is 0 Å². The van der Waals surface area contributed by atoms with Gasteiger partial charge in [0.2, 0.25) is 0 Å². The molecule has 0 spiro atoms. The predicted octanol–water partition coefficient (Wildman–Crippen LogP) is 10.5. The molecule has 0 unspecified atom stereocenters. The average Bonchev–Trinajstić information content (AvgIpc) is 3.37. The van der Waals surface area contributed by atoms with Gasteiger partial charge in [-0.3, -0.25) is 29.1 Å². The molecule has 3 aliphatic carbocycles. The highest BCUT2D eigenvalue weighted by Gasteiger charge is 2.58. The second kappa shape index (κ2) is 15.3.